The fraction of sp³-hybridized carbons (Fsp3) is 0.357. The maximum atomic E-state index is 12.9. The van der Waals surface area contributed by atoms with Gasteiger partial charge in [0.2, 0.25) is 10.0 Å². The van der Waals surface area contributed by atoms with Gasteiger partial charge in [0.1, 0.15) is 5.52 Å². The molecule has 112 valence electrons. The Hall–Kier alpha value is -1.37. The Morgan fingerprint density at radius 3 is 2.90 bits per heavy atom. The summed E-state index contributed by atoms with van der Waals surface area (Å²) in [5.74, 6) is -0.194. The van der Waals surface area contributed by atoms with E-state index in [9.17, 15) is 13.5 Å². The van der Waals surface area contributed by atoms with Crippen molar-refractivity contribution in [3.05, 3.63) is 29.4 Å². The van der Waals surface area contributed by atoms with E-state index in [-0.39, 0.29) is 27.2 Å². The Balaban J connectivity index is 2.28. The van der Waals surface area contributed by atoms with Gasteiger partial charge < -0.3 is 5.11 Å². The number of rotatable bonds is 2. The lowest BCUT2D eigenvalue weighted by Gasteiger charge is -2.22. The smallest absolute Gasteiger partial charge is 0.244 e. The molecule has 1 aromatic heterocycles. The maximum absolute atomic E-state index is 12.9. The van der Waals surface area contributed by atoms with Crippen LogP contribution in [-0.2, 0) is 10.0 Å². The van der Waals surface area contributed by atoms with Gasteiger partial charge in [0.05, 0.1) is 9.92 Å². The first-order chi connectivity index (χ1) is 9.93. The number of benzene rings is 1. The lowest BCUT2D eigenvalue weighted by molar-refractivity contribution is 0.409. The van der Waals surface area contributed by atoms with Gasteiger partial charge >= 0.3 is 0 Å². The second-order valence-corrected chi connectivity index (χ2v) is 7.48. The van der Waals surface area contributed by atoms with Crippen molar-refractivity contribution in [3.8, 4) is 5.75 Å². The van der Waals surface area contributed by atoms with Crippen molar-refractivity contribution in [3.63, 3.8) is 0 Å². The standard InChI is InChI=1S/C14H15ClN2O3S/c1-9-4-3-7-17(9)21(19,20)12-8-11(15)14(18)13-10(12)5-2-6-16-13/h2,5-6,8-9,18H,3-4,7H2,1H3/t9-/m0/s1. The first-order valence-electron chi connectivity index (χ1n) is 6.71. The highest BCUT2D eigenvalue weighted by Crippen LogP contribution is 2.37. The van der Waals surface area contributed by atoms with E-state index in [1.54, 1.807) is 12.1 Å². The monoisotopic (exact) mass is 326 g/mol. The van der Waals surface area contributed by atoms with Crippen molar-refractivity contribution in [2.45, 2.75) is 30.7 Å². The molecule has 0 aliphatic carbocycles. The van der Waals surface area contributed by atoms with Crippen molar-refractivity contribution in [1.82, 2.24) is 9.29 Å². The summed E-state index contributed by atoms with van der Waals surface area (Å²) in [5, 5.41) is 10.3. The van der Waals surface area contributed by atoms with Crippen molar-refractivity contribution in [2.24, 2.45) is 0 Å². The highest BCUT2D eigenvalue weighted by atomic mass is 35.5. The van der Waals surface area contributed by atoms with Gasteiger partial charge in [-0.2, -0.15) is 4.31 Å². The molecule has 3 rings (SSSR count). The van der Waals surface area contributed by atoms with Crippen LogP contribution in [0.25, 0.3) is 10.9 Å². The van der Waals surface area contributed by atoms with Crippen LogP contribution in [0.3, 0.4) is 0 Å². The molecule has 0 unspecified atom stereocenters. The van der Waals surface area contributed by atoms with Crippen LogP contribution < -0.4 is 0 Å². The molecule has 0 radical (unpaired) electrons. The predicted octanol–water partition coefficient (Wildman–Crippen LogP) is 2.77. The highest BCUT2D eigenvalue weighted by Gasteiger charge is 2.34. The summed E-state index contributed by atoms with van der Waals surface area (Å²) >= 11 is 5.97. The Morgan fingerprint density at radius 2 is 2.24 bits per heavy atom. The van der Waals surface area contributed by atoms with Crippen LogP contribution in [0, 0.1) is 0 Å². The van der Waals surface area contributed by atoms with Gasteiger partial charge in [-0.15, -0.1) is 0 Å². The Kier molecular flexibility index (Phi) is 3.55. The van der Waals surface area contributed by atoms with Crippen LogP contribution in [0.15, 0.2) is 29.3 Å². The average Bonchev–Trinajstić information content (AvgIpc) is 2.89. The van der Waals surface area contributed by atoms with E-state index in [1.165, 1.54) is 16.6 Å². The van der Waals surface area contributed by atoms with E-state index in [1.807, 2.05) is 6.92 Å². The van der Waals surface area contributed by atoms with Crippen molar-refractivity contribution in [1.29, 1.82) is 0 Å². The summed E-state index contributed by atoms with van der Waals surface area (Å²) in [6.45, 7) is 2.40. The van der Waals surface area contributed by atoms with Gasteiger partial charge in [-0.3, -0.25) is 4.98 Å². The molecule has 5 nitrogen and oxygen atoms in total. The number of aromatic nitrogens is 1. The average molecular weight is 327 g/mol. The molecular formula is C14H15ClN2O3S. The summed E-state index contributed by atoms with van der Waals surface area (Å²) in [6.07, 6.45) is 3.19. The lowest BCUT2D eigenvalue weighted by Crippen LogP contribution is -2.33. The molecule has 0 saturated carbocycles. The van der Waals surface area contributed by atoms with E-state index >= 15 is 0 Å². The van der Waals surface area contributed by atoms with Crippen LogP contribution >= 0.6 is 11.6 Å². The second-order valence-electron chi connectivity index (χ2n) is 5.21. The molecule has 1 aliphatic rings. The number of nitrogens with zero attached hydrogens (tertiary/aromatic N) is 2. The number of aromatic hydroxyl groups is 1. The van der Waals surface area contributed by atoms with Gasteiger partial charge in [0.25, 0.3) is 0 Å². The quantitative estimate of drug-likeness (QED) is 0.921. The molecule has 0 spiro atoms. The maximum Gasteiger partial charge on any atom is 0.244 e. The largest absolute Gasteiger partial charge is 0.504 e. The van der Waals surface area contributed by atoms with Gasteiger partial charge in [0, 0.05) is 24.2 Å². The van der Waals surface area contributed by atoms with Gasteiger partial charge in [0.15, 0.2) is 5.75 Å². The Morgan fingerprint density at radius 1 is 1.48 bits per heavy atom. The van der Waals surface area contributed by atoms with Crippen molar-refractivity contribution in [2.75, 3.05) is 6.54 Å². The molecule has 1 aromatic carbocycles. The Labute approximate surface area is 128 Å². The summed E-state index contributed by atoms with van der Waals surface area (Å²) in [4.78, 5) is 4.14. The van der Waals surface area contributed by atoms with Crippen LogP contribution in [0.5, 0.6) is 5.75 Å². The van der Waals surface area contributed by atoms with Crippen LogP contribution in [0.1, 0.15) is 19.8 Å². The van der Waals surface area contributed by atoms with Crippen molar-refractivity contribution >= 4 is 32.5 Å². The fourth-order valence-corrected chi connectivity index (χ4v) is 4.94. The third kappa shape index (κ3) is 2.27. The summed E-state index contributed by atoms with van der Waals surface area (Å²) in [5.41, 5.74) is 0.204. The summed E-state index contributed by atoms with van der Waals surface area (Å²) < 4.78 is 27.2. The minimum atomic E-state index is -3.66. The number of fused-ring (bicyclic) bond motifs is 1. The number of sulfonamides is 1. The van der Waals surface area contributed by atoms with E-state index in [0.717, 1.165) is 12.8 Å². The molecule has 1 N–H and O–H groups in total. The molecule has 2 heterocycles. The molecule has 0 bridgehead atoms. The van der Waals surface area contributed by atoms with Crippen LogP contribution in [0.4, 0.5) is 0 Å². The van der Waals surface area contributed by atoms with E-state index in [4.69, 9.17) is 11.6 Å². The summed E-state index contributed by atoms with van der Waals surface area (Å²) in [7, 11) is -3.66. The van der Waals surface area contributed by atoms with Gasteiger partial charge in [-0.25, -0.2) is 8.42 Å². The molecule has 21 heavy (non-hydrogen) atoms. The van der Waals surface area contributed by atoms with Crippen LogP contribution in [-0.4, -0.2) is 35.4 Å². The van der Waals surface area contributed by atoms with Gasteiger partial charge in [-0.1, -0.05) is 11.6 Å². The van der Waals surface area contributed by atoms with Crippen molar-refractivity contribution < 1.29 is 13.5 Å². The zero-order valence-corrected chi connectivity index (χ0v) is 13.0. The molecule has 2 aromatic rings. The normalized spacial score (nSPS) is 20.2. The van der Waals surface area contributed by atoms with Gasteiger partial charge in [-0.05, 0) is 38.0 Å². The molecule has 1 saturated heterocycles. The molecular weight excluding hydrogens is 312 g/mol. The third-order valence-electron chi connectivity index (χ3n) is 3.86. The van der Waals surface area contributed by atoms with E-state index in [0.29, 0.717) is 11.9 Å². The number of hydrogen-bond acceptors (Lipinski definition) is 4. The number of phenolic OH excluding ortho intramolecular Hbond substituents is 1. The zero-order chi connectivity index (χ0) is 15.2. The fourth-order valence-electron chi connectivity index (χ4n) is 2.77. The predicted molar refractivity (Wildman–Crippen MR) is 81.0 cm³/mol. The molecule has 7 heteroatoms. The molecule has 1 aliphatic heterocycles. The highest BCUT2D eigenvalue weighted by molar-refractivity contribution is 7.89. The first-order valence-corrected chi connectivity index (χ1v) is 8.53. The molecule has 1 atom stereocenters. The number of pyridine rings is 1. The number of phenols is 1. The molecule has 0 amide bonds. The number of halogens is 1. The Bertz CT molecular complexity index is 807. The minimum absolute atomic E-state index is 0.00775. The summed E-state index contributed by atoms with van der Waals surface area (Å²) in [6, 6.07) is 4.55. The third-order valence-corrected chi connectivity index (χ3v) is 6.20. The van der Waals surface area contributed by atoms with E-state index < -0.39 is 10.0 Å². The topological polar surface area (TPSA) is 70.5 Å². The second kappa shape index (κ2) is 5.12. The molecule has 1 fully saturated rings. The zero-order valence-electron chi connectivity index (χ0n) is 11.5. The number of hydrogen-bond donors (Lipinski definition) is 1. The SMILES string of the molecule is C[C@H]1CCCN1S(=O)(=O)c1cc(Cl)c(O)c2ncccc12. The van der Waals surface area contributed by atoms with E-state index in [2.05, 4.69) is 4.98 Å². The first kappa shape index (κ1) is 14.6. The van der Waals surface area contributed by atoms with Crippen LogP contribution in [0.2, 0.25) is 5.02 Å². The minimum Gasteiger partial charge on any atom is -0.504 e. The lowest BCUT2D eigenvalue weighted by atomic mass is 10.2.